The molecule has 2 rings (SSSR count). The van der Waals surface area contributed by atoms with Gasteiger partial charge >= 0.3 is 0 Å². The second-order valence-corrected chi connectivity index (χ2v) is 5.29. The van der Waals surface area contributed by atoms with Gasteiger partial charge in [0.2, 0.25) is 5.91 Å². The largest absolute Gasteiger partial charge is 0.326 e. The van der Waals surface area contributed by atoms with Crippen molar-refractivity contribution in [2.45, 2.75) is 26.1 Å². The van der Waals surface area contributed by atoms with Crippen LogP contribution < -0.4 is 5.32 Å². The van der Waals surface area contributed by atoms with Gasteiger partial charge in [-0.3, -0.25) is 4.79 Å². The summed E-state index contributed by atoms with van der Waals surface area (Å²) in [6.07, 6.45) is 0.974. The van der Waals surface area contributed by atoms with Crippen LogP contribution in [0.5, 0.6) is 0 Å². The van der Waals surface area contributed by atoms with Crippen molar-refractivity contribution < 1.29 is 4.79 Å². The van der Waals surface area contributed by atoms with Gasteiger partial charge in [0.25, 0.3) is 0 Å². The molecule has 16 heavy (non-hydrogen) atoms. The van der Waals surface area contributed by atoms with Crippen molar-refractivity contribution in [3.8, 4) is 0 Å². The molecule has 1 unspecified atom stereocenters. The zero-order valence-corrected chi connectivity index (χ0v) is 10.3. The quantitative estimate of drug-likeness (QED) is 0.802. The third-order valence-corrected chi connectivity index (χ3v) is 3.54. The van der Waals surface area contributed by atoms with Crippen LogP contribution in [0, 0.1) is 11.3 Å². The van der Waals surface area contributed by atoms with Crippen molar-refractivity contribution >= 4 is 23.2 Å². The molecule has 0 heterocycles. The molecule has 0 radical (unpaired) electrons. The van der Waals surface area contributed by atoms with E-state index in [0.717, 1.165) is 17.7 Å². The lowest BCUT2D eigenvalue weighted by Gasteiger charge is -2.09. The molecule has 1 aliphatic rings. The molecule has 1 aromatic carbocycles. The van der Waals surface area contributed by atoms with Crippen molar-refractivity contribution in [2.75, 3.05) is 5.32 Å². The van der Waals surface area contributed by atoms with Crippen LogP contribution in [-0.4, -0.2) is 5.91 Å². The first-order valence-corrected chi connectivity index (χ1v) is 6.03. The van der Waals surface area contributed by atoms with E-state index < -0.39 is 0 Å². The topological polar surface area (TPSA) is 29.1 Å². The van der Waals surface area contributed by atoms with Crippen LogP contribution in [0.2, 0.25) is 0 Å². The number of benzene rings is 1. The van der Waals surface area contributed by atoms with Gasteiger partial charge in [-0.2, -0.15) is 0 Å². The molecule has 2 nitrogen and oxygen atoms in total. The molecule has 0 saturated heterocycles. The van der Waals surface area contributed by atoms with Gasteiger partial charge in [0.1, 0.15) is 0 Å². The SMILES string of the molecule is CC1(C)CC1C(=O)Nc1ccccc1CCl. The highest BCUT2D eigenvalue weighted by atomic mass is 35.5. The molecule has 0 spiro atoms. The third-order valence-electron chi connectivity index (χ3n) is 3.25. The number of para-hydroxylation sites is 1. The summed E-state index contributed by atoms with van der Waals surface area (Å²) in [5, 5.41) is 2.96. The van der Waals surface area contributed by atoms with Crippen LogP contribution in [0.4, 0.5) is 5.69 Å². The summed E-state index contributed by atoms with van der Waals surface area (Å²) in [5.41, 5.74) is 1.97. The lowest BCUT2D eigenvalue weighted by atomic mass is 10.1. The van der Waals surface area contributed by atoms with Gasteiger partial charge in [-0.1, -0.05) is 32.0 Å². The number of carbonyl (C=O) groups is 1. The van der Waals surface area contributed by atoms with E-state index in [9.17, 15) is 4.79 Å². The molecule has 1 fully saturated rings. The van der Waals surface area contributed by atoms with E-state index >= 15 is 0 Å². The lowest BCUT2D eigenvalue weighted by Crippen LogP contribution is -2.17. The molecule has 0 aliphatic heterocycles. The summed E-state index contributed by atoms with van der Waals surface area (Å²) in [6, 6.07) is 7.66. The maximum Gasteiger partial charge on any atom is 0.228 e. The Bertz CT molecular complexity index is 414. The van der Waals surface area contributed by atoms with Crippen molar-refractivity contribution in [1.82, 2.24) is 0 Å². The molecule has 1 aliphatic carbocycles. The first kappa shape index (κ1) is 11.5. The van der Waals surface area contributed by atoms with Crippen molar-refractivity contribution in [1.29, 1.82) is 0 Å². The fourth-order valence-corrected chi connectivity index (χ4v) is 2.13. The highest BCUT2D eigenvalue weighted by Gasteiger charge is 2.50. The molecule has 0 bridgehead atoms. The van der Waals surface area contributed by atoms with Crippen LogP contribution in [0.15, 0.2) is 24.3 Å². The van der Waals surface area contributed by atoms with Crippen molar-refractivity contribution in [3.63, 3.8) is 0 Å². The Morgan fingerprint density at radius 2 is 2.12 bits per heavy atom. The van der Waals surface area contributed by atoms with Gasteiger partial charge in [0, 0.05) is 17.5 Å². The second-order valence-electron chi connectivity index (χ2n) is 5.03. The van der Waals surface area contributed by atoms with Crippen molar-refractivity contribution in [2.24, 2.45) is 11.3 Å². The molecular weight excluding hydrogens is 222 g/mol. The molecule has 86 valence electrons. The summed E-state index contributed by atoms with van der Waals surface area (Å²) in [5.74, 6) is 0.684. The first-order valence-electron chi connectivity index (χ1n) is 5.49. The average molecular weight is 238 g/mol. The van der Waals surface area contributed by atoms with E-state index in [4.69, 9.17) is 11.6 Å². The van der Waals surface area contributed by atoms with Gasteiger partial charge in [0.05, 0.1) is 0 Å². The van der Waals surface area contributed by atoms with Gasteiger partial charge < -0.3 is 5.32 Å². The van der Waals surface area contributed by atoms with Crippen LogP contribution in [0.25, 0.3) is 0 Å². The zero-order valence-electron chi connectivity index (χ0n) is 9.59. The Kier molecular flexibility index (Phi) is 2.94. The Hall–Kier alpha value is -1.02. The molecule has 1 amide bonds. The minimum absolute atomic E-state index is 0.113. The summed E-state index contributed by atoms with van der Waals surface area (Å²) < 4.78 is 0. The summed E-state index contributed by atoms with van der Waals surface area (Å²) in [6.45, 7) is 4.23. The molecule has 3 heteroatoms. The van der Waals surface area contributed by atoms with Crippen molar-refractivity contribution in [3.05, 3.63) is 29.8 Å². The van der Waals surface area contributed by atoms with Crippen LogP contribution in [0.1, 0.15) is 25.8 Å². The molecule has 1 atom stereocenters. The zero-order chi connectivity index (χ0) is 11.8. The molecular formula is C13H16ClNO. The smallest absolute Gasteiger partial charge is 0.228 e. The predicted octanol–water partition coefficient (Wildman–Crippen LogP) is 3.41. The van der Waals surface area contributed by atoms with Gasteiger partial charge in [0.15, 0.2) is 0 Å². The second kappa shape index (κ2) is 4.10. The van der Waals surface area contributed by atoms with Crippen LogP contribution in [0.3, 0.4) is 0 Å². The number of hydrogen-bond acceptors (Lipinski definition) is 1. The number of alkyl halides is 1. The summed E-state index contributed by atoms with van der Waals surface area (Å²) in [4.78, 5) is 11.9. The molecule has 0 aromatic heterocycles. The summed E-state index contributed by atoms with van der Waals surface area (Å²) >= 11 is 5.82. The van der Waals surface area contributed by atoms with Gasteiger partial charge in [-0.25, -0.2) is 0 Å². The predicted molar refractivity (Wildman–Crippen MR) is 66.5 cm³/mol. The van der Waals surface area contributed by atoms with Gasteiger partial charge in [-0.05, 0) is 23.5 Å². The highest BCUT2D eigenvalue weighted by Crippen LogP contribution is 2.52. The fourth-order valence-electron chi connectivity index (χ4n) is 1.89. The monoisotopic (exact) mass is 237 g/mol. The number of amides is 1. The maximum atomic E-state index is 11.9. The first-order chi connectivity index (χ1) is 7.54. The Labute approximate surface area is 101 Å². The maximum absolute atomic E-state index is 11.9. The Balaban J connectivity index is 2.07. The van der Waals surface area contributed by atoms with Gasteiger partial charge in [-0.15, -0.1) is 11.6 Å². The van der Waals surface area contributed by atoms with E-state index in [2.05, 4.69) is 19.2 Å². The lowest BCUT2D eigenvalue weighted by molar-refractivity contribution is -0.118. The Morgan fingerprint density at radius 3 is 2.69 bits per heavy atom. The minimum Gasteiger partial charge on any atom is -0.326 e. The van der Waals surface area contributed by atoms with Crippen LogP contribution in [-0.2, 0) is 10.7 Å². The fraction of sp³-hybridized carbons (Fsp3) is 0.462. The standard InChI is InChI=1S/C13H16ClNO/c1-13(2)7-10(13)12(16)15-11-6-4-3-5-9(11)8-14/h3-6,10H,7-8H2,1-2H3,(H,15,16). The van der Waals surface area contributed by atoms with E-state index in [-0.39, 0.29) is 17.2 Å². The molecule has 1 N–H and O–H groups in total. The average Bonchev–Trinajstić information content (AvgIpc) is 2.89. The number of hydrogen-bond donors (Lipinski definition) is 1. The van der Waals surface area contributed by atoms with E-state index in [1.54, 1.807) is 0 Å². The van der Waals surface area contributed by atoms with E-state index in [0.29, 0.717) is 5.88 Å². The molecule has 1 aromatic rings. The van der Waals surface area contributed by atoms with Crippen LogP contribution >= 0.6 is 11.6 Å². The third kappa shape index (κ3) is 2.22. The molecule has 1 saturated carbocycles. The van der Waals surface area contributed by atoms with E-state index in [1.165, 1.54) is 0 Å². The summed E-state index contributed by atoms with van der Waals surface area (Å²) in [7, 11) is 0. The normalized spacial score (nSPS) is 21.6. The number of nitrogens with one attached hydrogen (secondary N) is 1. The van der Waals surface area contributed by atoms with E-state index in [1.807, 2.05) is 24.3 Å². The highest BCUT2D eigenvalue weighted by molar-refractivity contribution is 6.17. The minimum atomic E-state index is 0.113. The number of carbonyl (C=O) groups excluding carboxylic acids is 1. The Morgan fingerprint density at radius 1 is 1.50 bits per heavy atom. The number of halogens is 1. The number of rotatable bonds is 3. The number of anilines is 1.